The van der Waals surface area contributed by atoms with Gasteiger partial charge in [-0.25, -0.2) is 9.78 Å². The van der Waals surface area contributed by atoms with Gasteiger partial charge in [0.25, 0.3) is 0 Å². The molecule has 0 saturated carbocycles. The first-order valence-electron chi connectivity index (χ1n) is 7.20. The summed E-state index contributed by atoms with van der Waals surface area (Å²) in [6.45, 7) is 8.63. The molecule has 0 amide bonds. The molecule has 1 aromatic carbocycles. The second kappa shape index (κ2) is 5.65. The summed E-state index contributed by atoms with van der Waals surface area (Å²) in [7, 11) is 0. The zero-order valence-electron chi connectivity index (χ0n) is 12.6. The Kier molecular flexibility index (Phi) is 4.12. The maximum absolute atomic E-state index is 11.3. The summed E-state index contributed by atoms with van der Waals surface area (Å²) in [5.41, 5.74) is 1.82. The van der Waals surface area contributed by atoms with Gasteiger partial charge < -0.3 is 9.67 Å². The van der Waals surface area contributed by atoms with Crippen molar-refractivity contribution < 1.29 is 9.90 Å². The third-order valence-electron chi connectivity index (χ3n) is 3.87. The van der Waals surface area contributed by atoms with Crippen molar-refractivity contribution in [3.8, 4) is 0 Å². The summed E-state index contributed by atoms with van der Waals surface area (Å²) in [4.78, 5) is 16.0. The number of aromatic carboxylic acids is 1. The number of para-hydroxylation sites is 1. The highest BCUT2D eigenvalue weighted by Gasteiger charge is 2.20. The van der Waals surface area contributed by atoms with E-state index in [-0.39, 0.29) is 5.56 Å². The summed E-state index contributed by atoms with van der Waals surface area (Å²) in [6.07, 6.45) is 1.86. The lowest BCUT2D eigenvalue weighted by molar-refractivity contribution is 0.0699. The number of rotatable bonds is 5. The number of aryl methyl sites for hydroxylation is 1. The molecule has 1 unspecified atom stereocenters. The number of nitrogens with zero attached hydrogens (tertiary/aromatic N) is 2. The SMILES string of the molecule is CCCc1nc2c(C(=O)O)cccc2n1C(C)C(C)C. The van der Waals surface area contributed by atoms with Crippen LogP contribution in [0.15, 0.2) is 18.2 Å². The van der Waals surface area contributed by atoms with Crippen LogP contribution in [0, 0.1) is 5.92 Å². The maximum atomic E-state index is 11.3. The van der Waals surface area contributed by atoms with Crippen molar-refractivity contribution in [1.82, 2.24) is 9.55 Å². The molecule has 0 saturated heterocycles. The van der Waals surface area contributed by atoms with Crippen LogP contribution in [0.2, 0.25) is 0 Å². The summed E-state index contributed by atoms with van der Waals surface area (Å²) in [6, 6.07) is 5.68. The van der Waals surface area contributed by atoms with Gasteiger partial charge in [0.15, 0.2) is 0 Å². The molecule has 108 valence electrons. The minimum Gasteiger partial charge on any atom is -0.478 e. The smallest absolute Gasteiger partial charge is 0.337 e. The average molecular weight is 274 g/mol. The molecule has 2 aromatic rings. The van der Waals surface area contributed by atoms with Crippen LogP contribution in [-0.2, 0) is 6.42 Å². The van der Waals surface area contributed by atoms with E-state index >= 15 is 0 Å². The van der Waals surface area contributed by atoms with E-state index in [0.717, 1.165) is 24.2 Å². The normalized spacial score (nSPS) is 13.1. The Bertz CT molecular complexity index is 629. The molecule has 0 radical (unpaired) electrons. The molecule has 0 aliphatic rings. The van der Waals surface area contributed by atoms with E-state index < -0.39 is 5.97 Å². The Balaban J connectivity index is 2.73. The second-order valence-corrected chi connectivity index (χ2v) is 5.61. The summed E-state index contributed by atoms with van der Waals surface area (Å²) in [5.74, 6) is 0.536. The molecule has 20 heavy (non-hydrogen) atoms. The van der Waals surface area contributed by atoms with Gasteiger partial charge in [0.1, 0.15) is 11.3 Å². The lowest BCUT2D eigenvalue weighted by Gasteiger charge is -2.21. The van der Waals surface area contributed by atoms with Crippen LogP contribution in [0.4, 0.5) is 0 Å². The van der Waals surface area contributed by atoms with Crippen molar-refractivity contribution in [2.75, 3.05) is 0 Å². The van der Waals surface area contributed by atoms with Crippen LogP contribution in [-0.4, -0.2) is 20.6 Å². The fraction of sp³-hybridized carbons (Fsp3) is 0.500. The highest BCUT2D eigenvalue weighted by molar-refractivity contribution is 6.01. The molecule has 1 heterocycles. The number of benzene rings is 1. The Hall–Kier alpha value is -1.84. The number of carbonyl (C=O) groups is 1. The average Bonchev–Trinajstić information content (AvgIpc) is 2.75. The molecule has 1 aromatic heterocycles. The molecule has 0 aliphatic heterocycles. The third-order valence-corrected chi connectivity index (χ3v) is 3.87. The molecule has 0 aliphatic carbocycles. The minimum atomic E-state index is -0.916. The summed E-state index contributed by atoms with van der Waals surface area (Å²) in [5, 5.41) is 9.31. The monoisotopic (exact) mass is 274 g/mol. The van der Waals surface area contributed by atoms with E-state index in [1.807, 2.05) is 6.07 Å². The van der Waals surface area contributed by atoms with Gasteiger partial charge >= 0.3 is 5.97 Å². The van der Waals surface area contributed by atoms with Crippen molar-refractivity contribution in [3.05, 3.63) is 29.6 Å². The van der Waals surface area contributed by atoms with Crippen molar-refractivity contribution in [3.63, 3.8) is 0 Å². The van der Waals surface area contributed by atoms with Crippen LogP contribution < -0.4 is 0 Å². The van der Waals surface area contributed by atoms with Gasteiger partial charge in [-0.3, -0.25) is 0 Å². The molecule has 4 heteroatoms. The fourth-order valence-corrected chi connectivity index (χ4v) is 2.49. The van der Waals surface area contributed by atoms with Gasteiger partial charge in [-0.15, -0.1) is 0 Å². The standard InChI is InChI=1S/C16H22N2O2/c1-5-7-14-17-15-12(16(19)20)8-6-9-13(15)18(14)11(4)10(2)3/h6,8-11H,5,7H2,1-4H3,(H,19,20). The number of hydrogen-bond acceptors (Lipinski definition) is 2. The van der Waals surface area contributed by atoms with Gasteiger partial charge in [-0.1, -0.05) is 26.8 Å². The van der Waals surface area contributed by atoms with Crippen molar-refractivity contribution in [1.29, 1.82) is 0 Å². The number of carboxylic acids is 1. The first-order chi connectivity index (χ1) is 9.47. The number of hydrogen-bond donors (Lipinski definition) is 1. The Morgan fingerprint density at radius 2 is 2.05 bits per heavy atom. The minimum absolute atomic E-state index is 0.287. The second-order valence-electron chi connectivity index (χ2n) is 5.61. The van der Waals surface area contributed by atoms with Crippen LogP contribution in [0.1, 0.15) is 56.3 Å². The Morgan fingerprint density at radius 1 is 1.35 bits per heavy atom. The van der Waals surface area contributed by atoms with Crippen LogP contribution in [0.5, 0.6) is 0 Å². The van der Waals surface area contributed by atoms with Gasteiger partial charge in [-0.2, -0.15) is 0 Å². The van der Waals surface area contributed by atoms with E-state index in [9.17, 15) is 9.90 Å². The number of carboxylic acid groups (broad SMARTS) is 1. The molecular formula is C16H22N2O2. The van der Waals surface area contributed by atoms with Gasteiger partial charge in [0.05, 0.1) is 11.1 Å². The van der Waals surface area contributed by atoms with Crippen molar-refractivity contribution in [2.24, 2.45) is 5.92 Å². The molecule has 1 N–H and O–H groups in total. The lowest BCUT2D eigenvalue weighted by Crippen LogP contribution is -2.14. The van der Waals surface area contributed by atoms with Crippen molar-refractivity contribution in [2.45, 2.75) is 46.6 Å². The number of imidazole rings is 1. The highest BCUT2D eigenvalue weighted by Crippen LogP contribution is 2.28. The molecule has 0 bridgehead atoms. The predicted molar refractivity (Wildman–Crippen MR) is 80.2 cm³/mol. The molecule has 2 rings (SSSR count). The zero-order chi connectivity index (χ0) is 14.9. The third kappa shape index (κ3) is 2.42. The highest BCUT2D eigenvalue weighted by atomic mass is 16.4. The topological polar surface area (TPSA) is 55.1 Å². The molecular weight excluding hydrogens is 252 g/mol. The van der Waals surface area contributed by atoms with E-state index in [4.69, 9.17) is 0 Å². The van der Waals surface area contributed by atoms with E-state index in [2.05, 4.69) is 37.2 Å². The van der Waals surface area contributed by atoms with Gasteiger partial charge in [-0.05, 0) is 31.4 Å². The Morgan fingerprint density at radius 3 is 2.60 bits per heavy atom. The van der Waals surface area contributed by atoms with Gasteiger partial charge in [0, 0.05) is 12.5 Å². The summed E-state index contributed by atoms with van der Waals surface area (Å²) < 4.78 is 2.20. The largest absolute Gasteiger partial charge is 0.478 e. The quantitative estimate of drug-likeness (QED) is 0.899. The predicted octanol–water partition coefficient (Wildman–Crippen LogP) is 3.90. The Labute approximate surface area is 119 Å². The number of aromatic nitrogens is 2. The first-order valence-corrected chi connectivity index (χ1v) is 7.20. The van der Waals surface area contributed by atoms with Crippen LogP contribution >= 0.6 is 0 Å². The molecule has 0 spiro atoms. The molecule has 0 fully saturated rings. The van der Waals surface area contributed by atoms with Crippen LogP contribution in [0.25, 0.3) is 11.0 Å². The van der Waals surface area contributed by atoms with E-state index in [1.54, 1.807) is 12.1 Å². The molecule has 4 nitrogen and oxygen atoms in total. The lowest BCUT2D eigenvalue weighted by atomic mass is 10.1. The van der Waals surface area contributed by atoms with E-state index in [0.29, 0.717) is 17.5 Å². The summed E-state index contributed by atoms with van der Waals surface area (Å²) >= 11 is 0. The molecule has 1 atom stereocenters. The fourth-order valence-electron chi connectivity index (χ4n) is 2.49. The van der Waals surface area contributed by atoms with Crippen molar-refractivity contribution >= 4 is 17.0 Å². The maximum Gasteiger partial charge on any atom is 0.337 e. The van der Waals surface area contributed by atoms with Crippen LogP contribution in [0.3, 0.4) is 0 Å². The number of fused-ring (bicyclic) bond motifs is 1. The van der Waals surface area contributed by atoms with E-state index in [1.165, 1.54) is 0 Å². The zero-order valence-corrected chi connectivity index (χ0v) is 12.6. The first kappa shape index (κ1) is 14.6. The van der Waals surface area contributed by atoms with Gasteiger partial charge in [0.2, 0.25) is 0 Å².